The summed E-state index contributed by atoms with van der Waals surface area (Å²) < 4.78 is 10.4. The van der Waals surface area contributed by atoms with Gasteiger partial charge in [-0.2, -0.15) is 0 Å². The number of benzene rings is 1. The molecule has 1 aromatic carbocycles. The van der Waals surface area contributed by atoms with Gasteiger partial charge in [-0.3, -0.25) is 9.69 Å². The summed E-state index contributed by atoms with van der Waals surface area (Å²) in [5.41, 5.74) is -0.404. The molecule has 1 saturated carbocycles. The van der Waals surface area contributed by atoms with Crippen molar-refractivity contribution in [1.82, 2.24) is 10.2 Å². The summed E-state index contributed by atoms with van der Waals surface area (Å²) in [5.74, 6) is 0.344. The molecule has 2 aliphatic rings. The highest BCUT2D eigenvalue weighted by Gasteiger charge is 2.52. The van der Waals surface area contributed by atoms with E-state index in [9.17, 15) is 19.5 Å². The number of nitrogens with one attached hydrogen (secondary N) is 1. The van der Waals surface area contributed by atoms with Gasteiger partial charge in [0.05, 0.1) is 18.7 Å². The highest BCUT2D eigenvalue weighted by molar-refractivity contribution is 6.07. The normalized spacial score (nSPS) is 25.1. The first-order valence-corrected chi connectivity index (χ1v) is 10.1. The molecule has 3 rings (SSSR count). The molecule has 1 aliphatic carbocycles. The van der Waals surface area contributed by atoms with E-state index >= 15 is 0 Å². The van der Waals surface area contributed by atoms with Gasteiger partial charge in [-0.05, 0) is 62.8 Å². The Kier molecular flexibility index (Phi) is 6.42. The zero-order valence-corrected chi connectivity index (χ0v) is 16.8. The van der Waals surface area contributed by atoms with Crippen LogP contribution in [-0.2, 0) is 9.53 Å². The third-order valence-electron chi connectivity index (χ3n) is 5.57. The fourth-order valence-electron chi connectivity index (χ4n) is 3.79. The molecule has 1 saturated heterocycles. The Labute approximate surface area is 170 Å². The largest absolute Gasteiger partial charge is 0.491 e. The van der Waals surface area contributed by atoms with Crippen molar-refractivity contribution in [2.45, 2.75) is 51.2 Å². The number of nitrogens with zero attached hydrogens (tertiary/aromatic N) is 1. The fourth-order valence-corrected chi connectivity index (χ4v) is 3.79. The number of aliphatic hydroxyl groups is 1. The van der Waals surface area contributed by atoms with Gasteiger partial charge in [0, 0.05) is 0 Å². The molecular formula is C21H28N2O6. The summed E-state index contributed by atoms with van der Waals surface area (Å²) in [5, 5.41) is 13.1. The van der Waals surface area contributed by atoms with Gasteiger partial charge in [0.2, 0.25) is 0 Å². The molecule has 8 nitrogen and oxygen atoms in total. The molecule has 1 aromatic rings. The lowest BCUT2D eigenvalue weighted by atomic mass is 9.77. The number of rotatable bonds is 7. The van der Waals surface area contributed by atoms with Crippen molar-refractivity contribution in [3.05, 3.63) is 29.8 Å². The van der Waals surface area contributed by atoms with Crippen LogP contribution in [0.1, 0.15) is 49.9 Å². The van der Waals surface area contributed by atoms with Crippen LogP contribution in [0.15, 0.2) is 24.3 Å². The van der Waals surface area contributed by atoms with E-state index in [0.717, 1.165) is 17.7 Å². The number of urea groups is 1. The smallest absolute Gasteiger partial charge is 0.338 e. The first kappa shape index (κ1) is 21.1. The van der Waals surface area contributed by atoms with Crippen LogP contribution < -0.4 is 10.1 Å². The Hall–Kier alpha value is -2.61. The minimum Gasteiger partial charge on any atom is -0.491 e. The lowest BCUT2D eigenvalue weighted by molar-refractivity contribution is -0.133. The molecule has 3 amide bonds. The molecule has 29 heavy (non-hydrogen) atoms. The molecule has 1 heterocycles. The second-order valence-electron chi connectivity index (χ2n) is 7.82. The SMILES string of the molecule is CCOC(=O)c1ccc(OC[C@H](O)CN2C(=O)NC3(CCC(C)CC3)C2=O)cc1. The van der Waals surface area contributed by atoms with Crippen LogP contribution in [0.5, 0.6) is 5.75 Å². The zero-order valence-electron chi connectivity index (χ0n) is 16.8. The van der Waals surface area contributed by atoms with Crippen molar-refractivity contribution in [3.63, 3.8) is 0 Å². The molecule has 2 fully saturated rings. The summed E-state index contributed by atoms with van der Waals surface area (Å²) in [7, 11) is 0. The molecule has 0 bridgehead atoms. The van der Waals surface area contributed by atoms with Gasteiger partial charge in [0.25, 0.3) is 5.91 Å². The van der Waals surface area contributed by atoms with Crippen molar-refractivity contribution in [3.8, 4) is 5.75 Å². The van der Waals surface area contributed by atoms with E-state index in [1.165, 1.54) is 0 Å². The standard InChI is InChI=1S/C21H28N2O6/c1-3-28-18(25)15-4-6-17(7-5-15)29-13-16(24)12-23-19(26)21(22-20(23)27)10-8-14(2)9-11-21/h4-7,14,16,24H,3,8-13H2,1-2H3,(H,22,27)/t14?,16-,21?/m1/s1. The molecule has 1 aliphatic heterocycles. The third kappa shape index (κ3) is 4.70. The van der Waals surface area contributed by atoms with Crippen LogP contribution in [0.2, 0.25) is 0 Å². The Bertz CT molecular complexity index is 755. The van der Waals surface area contributed by atoms with E-state index in [1.54, 1.807) is 31.2 Å². The maximum atomic E-state index is 12.8. The van der Waals surface area contributed by atoms with Crippen molar-refractivity contribution >= 4 is 17.9 Å². The Morgan fingerprint density at radius 3 is 2.55 bits per heavy atom. The number of hydrogen-bond acceptors (Lipinski definition) is 6. The van der Waals surface area contributed by atoms with Gasteiger partial charge in [-0.15, -0.1) is 0 Å². The first-order valence-electron chi connectivity index (χ1n) is 10.1. The number of carbonyl (C=O) groups excluding carboxylic acids is 3. The predicted molar refractivity (Wildman–Crippen MR) is 105 cm³/mol. The van der Waals surface area contributed by atoms with Crippen LogP contribution in [0.25, 0.3) is 0 Å². The minimum atomic E-state index is -1.02. The maximum Gasteiger partial charge on any atom is 0.338 e. The van der Waals surface area contributed by atoms with E-state index in [1.807, 2.05) is 0 Å². The maximum absolute atomic E-state index is 12.8. The van der Waals surface area contributed by atoms with Gasteiger partial charge in [0.15, 0.2) is 0 Å². The van der Waals surface area contributed by atoms with Gasteiger partial charge in [0.1, 0.15) is 24.0 Å². The lowest BCUT2D eigenvalue weighted by Crippen LogP contribution is -2.49. The second kappa shape index (κ2) is 8.82. The molecule has 0 radical (unpaired) electrons. The first-order chi connectivity index (χ1) is 13.8. The number of amides is 3. The van der Waals surface area contributed by atoms with Crippen molar-refractivity contribution < 1.29 is 29.0 Å². The van der Waals surface area contributed by atoms with Crippen molar-refractivity contribution in [1.29, 1.82) is 0 Å². The summed E-state index contributed by atoms with van der Waals surface area (Å²) in [6.07, 6.45) is 2.04. The van der Waals surface area contributed by atoms with Crippen LogP contribution in [0.3, 0.4) is 0 Å². The Morgan fingerprint density at radius 1 is 1.28 bits per heavy atom. The van der Waals surface area contributed by atoms with Crippen LogP contribution in [0, 0.1) is 5.92 Å². The predicted octanol–water partition coefficient (Wildman–Crippen LogP) is 2.10. The lowest BCUT2D eigenvalue weighted by Gasteiger charge is -2.33. The highest BCUT2D eigenvalue weighted by atomic mass is 16.5. The summed E-state index contributed by atoms with van der Waals surface area (Å²) >= 11 is 0. The quantitative estimate of drug-likeness (QED) is 0.533. The summed E-state index contributed by atoms with van der Waals surface area (Å²) in [6, 6.07) is 5.90. The third-order valence-corrected chi connectivity index (χ3v) is 5.57. The summed E-state index contributed by atoms with van der Waals surface area (Å²) in [4.78, 5) is 37.8. The average Bonchev–Trinajstić information content (AvgIpc) is 2.93. The summed E-state index contributed by atoms with van der Waals surface area (Å²) in [6.45, 7) is 3.97. The Balaban J connectivity index is 1.51. The molecular weight excluding hydrogens is 376 g/mol. The molecule has 0 aromatic heterocycles. The van der Waals surface area contributed by atoms with Crippen molar-refractivity contribution in [2.24, 2.45) is 5.92 Å². The van der Waals surface area contributed by atoms with E-state index in [-0.39, 0.29) is 19.1 Å². The molecule has 158 valence electrons. The second-order valence-corrected chi connectivity index (χ2v) is 7.82. The Morgan fingerprint density at radius 2 is 1.93 bits per heavy atom. The number of hydrogen-bond donors (Lipinski definition) is 2. The molecule has 2 N–H and O–H groups in total. The van der Waals surface area contributed by atoms with E-state index in [2.05, 4.69) is 12.2 Å². The number of aliphatic hydroxyl groups excluding tert-OH is 1. The molecule has 0 unspecified atom stereocenters. The highest BCUT2D eigenvalue weighted by Crippen LogP contribution is 2.36. The number of imide groups is 1. The minimum absolute atomic E-state index is 0.0835. The van der Waals surface area contributed by atoms with E-state index in [0.29, 0.717) is 36.7 Å². The molecule has 1 atom stereocenters. The average molecular weight is 404 g/mol. The van der Waals surface area contributed by atoms with Crippen LogP contribution in [-0.4, -0.2) is 59.3 Å². The fraction of sp³-hybridized carbons (Fsp3) is 0.571. The van der Waals surface area contributed by atoms with Gasteiger partial charge < -0.3 is 19.9 Å². The zero-order chi connectivity index (χ0) is 21.0. The van der Waals surface area contributed by atoms with Gasteiger partial charge in [-0.1, -0.05) is 6.92 Å². The van der Waals surface area contributed by atoms with Gasteiger partial charge >= 0.3 is 12.0 Å². The van der Waals surface area contributed by atoms with E-state index < -0.39 is 23.6 Å². The van der Waals surface area contributed by atoms with E-state index in [4.69, 9.17) is 9.47 Å². The number of esters is 1. The number of ether oxygens (including phenoxy) is 2. The van der Waals surface area contributed by atoms with Crippen molar-refractivity contribution in [2.75, 3.05) is 19.8 Å². The topological polar surface area (TPSA) is 105 Å². The molecule has 1 spiro atoms. The van der Waals surface area contributed by atoms with Crippen LogP contribution >= 0.6 is 0 Å². The number of carbonyl (C=O) groups is 3. The number of β-amino-alcohol motifs (C(OH)–C–C–N with tert-alkyl or cyclic N) is 1. The van der Waals surface area contributed by atoms with Gasteiger partial charge in [-0.25, -0.2) is 9.59 Å². The molecule has 8 heteroatoms. The van der Waals surface area contributed by atoms with Crippen LogP contribution in [0.4, 0.5) is 4.79 Å². The monoisotopic (exact) mass is 404 g/mol.